The second-order valence-electron chi connectivity index (χ2n) is 4.68. The van der Waals surface area contributed by atoms with Crippen molar-refractivity contribution < 1.29 is 9.18 Å². The van der Waals surface area contributed by atoms with E-state index in [1.807, 2.05) is 6.07 Å². The van der Waals surface area contributed by atoms with Gasteiger partial charge in [0.1, 0.15) is 11.5 Å². The minimum Gasteiger partial charge on any atom is -0.346 e. The Balaban J connectivity index is 1.61. The molecule has 0 unspecified atom stereocenters. The van der Waals surface area contributed by atoms with E-state index in [9.17, 15) is 9.18 Å². The number of anilines is 2. The molecule has 0 aliphatic heterocycles. The summed E-state index contributed by atoms with van der Waals surface area (Å²) in [6, 6.07) is 9.98. The SMILES string of the molecule is O=C(NCc1ccccc1F)c1csc(Nc2cccnc2)n1. The van der Waals surface area contributed by atoms with Crippen LogP contribution in [0.1, 0.15) is 16.1 Å². The molecule has 0 atom stereocenters. The highest BCUT2D eigenvalue weighted by Crippen LogP contribution is 2.20. The molecule has 0 fully saturated rings. The molecule has 5 nitrogen and oxygen atoms in total. The largest absolute Gasteiger partial charge is 0.346 e. The third-order valence-electron chi connectivity index (χ3n) is 3.05. The van der Waals surface area contributed by atoms with Crippen molar-refractivity contribution >= 4 is 28.1 Å². The molecular formula is C16H13FN4OS. The molecule has 2 N–H and O–H groups in total. The molecule has 3 rings (SSSR count). The quantitative estimate of drug-likeness (QED) is 0.754. The van der Waals surface area contributed by atoms with E-state index in [2.05, 4.69) is 20.6 Å². The van der Waals surface area contributed by atoms with Crippen LogP contribution in [0.3, 0.4) is 0 Å². The number of halogens is 1. The molecular weight excluding hydrogens is 315 g/mol. The van der Waals surface area contributed by atoms with Crippen LogP contribution in [-0.4, -0.2) is 15.9 Å². The number of amides is 1. The van der Waals surface area contributed by atoms with E-state index in [1.54, 1.807) is 42.0 Å². The molecule has 0 aliphatic carbocycles. The highest BCUT2D eigenvalue weighted by atomic mass is 32.1. The number of rotatable bonds is 5. The molecule has 0 aliphatic rings. The fourth-order valence-corrected chi connectivity index (χ4v) is 2.61. The van der Waals surface area contributed by atoms with Gasteiger partial charge in [0.15, 0.2) is 5.13 Å². The molecule has 2 heterocycles. The van der Waals surface area contributed by atoms with E-state index in [4.69, 9.17) is 0 Å². The van der Waals surface area contributed by atoms with E-state index in [1.165, 1.54) is 17.4 Å². The zero-order valence-corrected chi connectivity index (χ0v) is 12.8. The first kappa shape index (κ1) is 15.1. The molecule has 2 aromatic heterocycles. The van der Waals surface area contributed by atoms with Gasteiger partial charge in [0, 0.05) is 23.7 Å². The molecule has 0 spiro atoms. The van der Waals surface area contributed by atoms with Crippen molar-refractivity contribution in [1.29, 1.82) is 0 Å². The van der Waals surface area contributed by atoms with E-state index in [-0.39, 0.29) is 24.0 Å². The number of hydrogen-bond donors (Lipinski definition) is 2. The van der Waals surface area contributed by atoms with Gasteiger partial charge in [-0.05, 0) is 18.2 Å². The molecule has 7 heteroatoms. The minimum atomic E-state index is -0.344. The Morgan fingerprint density at radius 2 is 2.09 bits per heavy atom. The van der Waals surface area contributed by atoms with Crippen LogP contribution in [0.2, 0.25) is 0 Å². The average molecular weight is 328 g/mol. The molecule has 1 aromatic carbocycles. The minimum absolute atomic E-state index is 0.119. The highest BCUT2D eigenvalue weighted by Gasteiger charge is 2.11. The first-order valence-electron chi connectivity index (χ1n) is 6.86. The number of nitrogens with one attached hydrogen (secondary N) is 2. The van der Waals surface area contributed by atoms with Gasteiger partial charge in [-0.25, -0.2) is 9.37 Å². The summed E-state index contributed by atoms with van der Waals surface area (Å²) in [6.07, 6.45) is 3.34. The fourth-order valence-electron chi connectivity index (χ4n) is 1.90. The first-order valence-corrected chi connectivity index (χ1v) is 7.74. The molecule has 1 amide bonds. The van der Waals surface area contributed by atoms with Crippen molar-refractivity contribution in [2.75, 3.05) is 5.32 Å². The summed E-state index contributed by atoms with van der Waals surface area (Å²) in [5.41, 5.74) is 1.52. The van der Waals surface area contributed by atoms with E-state index < -0.39 is 0 Å². The number of pyridine rings is 1. The summed E-state index contributed by atoms with van der Waals surface area (Å²) in [5.74, 6) is -0.686. The number of aromatic nitrogens is 2. The lowest BCUT2D eigenvalue weighted by atomic mass is 10.2. The van der Waals surface area contributed by atoms with Crippen molar-refractivity contribution in [3.8, 4) is 0 Å². The van der Waals surface area contributed by atoms with Crippen molar-refractivity contribution in [1.82, 2.24) is 15.3 Å². The van der Waals surface area contributed by atoms with E-state index in [0.29, 0.717) is 10.7 Å². The number of hydrogen-bond acceptors (Lipinski definition) is 5. The predicted octanol–water partition coefficient (Wildman–Crippen LogP) is 3.35. The third kappa shape index (κ3) is 3.89. The fraction of sp³-hybridized carbons (Fsp3) is 0.0625. The van der Waals surface area contributed by atoms with Crippen LogP contribution in [-0.2, 0) is 6.54 Å². The summed E-state index contributed by atoms with van der Waals surface area (Å²) in [6.45, 7) is 0.119. The van der Waals surface area contributed by atoms with Gasteiger partial charge in [0.25, 0.3) is 5.91 Å². The number of benzene rings is 1. The van der Waals surface area contributed by atoms with Crippen LogP contribution in [0.15, 0.2) is 54.2 Å². The normalized spacial score (nSPS) is 10.3. The Morgan fingerprint density at radius 3 is 2.87 bits per heavy atom. The van der Waals surface area contributed by atoms with Crippen LogP contribution in [0, 0.1) is 5.82 Å². The Labute approximate surface area is 136 Å². The Morgan fingerprint density at radius 1 is 1.22 bits per heavy atom. The smallest absolute Gasteiger partial charge is 0.271 e. The molecule has 23 heavy (non-hydrogen) atoms. The highest BCUT2D eigenvalue weighted by molar-refractivity contribution is 7.14. The molecule has 0 radical (unpaired) electrons. The van der Waals surface area contributed by atoms with Crippen molar-refractivity contribution in [2.45, 2.75) is 6.54 Å². The molecule has 3 aromatic rings. The van der Waals surface area contributed by atoms with Gasteiger partial charge in [-0.2, -0.15) is 0 Å². The Kier molecular flexibility index (Phi) is 4.58. The van der Waals surface area contributed by atoms with Gasteiger partial charge < -0.3 is 10.6 Å². The van der Waals surface area contributed by atoms with Crippen LogP contribution < -0.4 is 10.6 Å². The van der Waals surface area contributed by atoms with Crippen LogP contribution in [0.4, 0.5) is 15.2 Å². The predicted molar refractivity (Wildman–Crippen MR) is 87.2 cm³/mol. The lowest BCUT2D eigenvalue weighted by Gasteiger charge is -2.04. The zero-order valence-electron chi connectivity index (χ0n) is 12.0. The van der Waals surface area contributed by atoms with Crippen molar-refractivity contribution in [2.24, 2.45) is 0 Å². The number of nitrogens with zero attached hydrogens (tertiary/aromatic N) is 2. The zero-order chi connectivity index (χ0) is 16.1. The van der Waals surface area contributed by atoms with Gasteiger partial charge in [0.05, 0.1) is 11.9 Å². The maximum Gasteiger partial charge on any atom is 0.271 e. The van der Waals surface area contributed by atoms with Crippen molar-refractivity contribution in [3.05, 3.63) is 71.2 Å². The summed E-state index contributed by atoms with van der Waals surface area (Å²) in [5, 5.41) is 7.97. The van der Waals surface area contributed by atoms with Crippen LogP contribution in [0.25, 0.3) is 0 Å². The first-order chi connectivity index (χ1) is 11.2. The van der Waals surface area contributed by atoms with Gasteiger partial charge in [-0.3, -0.25) is 9.78 Å². The Hall–Kier alpha value is -2.80. The van der Waals surface area contributed by atoms with Gasteiger partial charge >= 0.3 is 0 Å². The topological polar surface area (TPSA) is 66.9 Å². The number of thiazole rings is 1. The van der Waals surface area contributed by atoms with Gasteiger partial charge in [-0.15, -0.1) is 11.3 Å². The van der Waals surface area contributed by atoms with Crippen molar-refractivity contribution in [3.63, 3.8) is 0 Å². The van der Waals surface area contributed by atoms with E-state index >= 15 is 0 Å². The molecule has 116 valence electrons. The lowest BCUT2D eigenvalue weighted by molar-refractivity contribution is 0.0946. The number of carbonyl (C=O) groups is 1. The lowest BCUT2D eigenvalue weighted by Crippen LogP contribution is -2.23. The molecule has 0 saturated heterocycles. The summed E-state index contributed by atoms with van der Waals surface area (Å²) in [7, 11) is 0. The van der Waals surface area contributed by atoms with Gasteiger partial charge in [0.2, 0.25) is 0 Å². The second kappa shape index (κ2) is 6.97. The van der Waals surface area contributed by atoms with E-state index in [0.717, 1.165) is 5.69 Å². The monoisotopic (exact) mass is 328 g/mol. The molecule has 0 saturated carbocycles. The number of carbonyl (C=O) groups excluding carboxylic acids is 1. The van der Waals surface area contributed by atoms with Crippen LogP contribution >= 0.6 is 11.3 Å². The maximum absolute atomic E-state index is 13.5. The Bertz CT molecular complexity index is 807. The summed E-state index contributed by atoms with van der Waals surface area (Å²) < 4.78 is 13.5. The van der Waals surface area contributed by atoms with Crippen LogP contribution in [0.5, 0.6) is 0 Å². The third-order valence-corrected chi connectivity index (χ3v) is 3.80. The standard InChI is InChI=1S/C16H13FN4OS/c17-13-6-2-1-4-11(13)8-19-15(22)14-10-23-16(21-14)20-12-5-3-7-18-9-12/h1-7,9-10H,8H2,(H,19,22)(H,20,21). The summed E-state index contributed by atoms with van der Waals surface area (Å²) in [4.78, 5) is 20.3. The second-order valence-corrected chi connectivity index (χ2v) is 5.54. The van der Waals surface area contributed by atoms with Gasteiger partial charge in [-0.1, -0.05) is 18.2 Å². The average Bonchev–Trinajstić information content (AvgIpc) is 3.03. The maximum atomic E-state index is 13.5. The molecule has 0 bridgehead atoms. The summed E-state index contributed by atoms with van der Waals surface area (Å²) >= 11 is 1.31.